The molecule has 0 spiro atoms. The van der Waals surface area contributed by atoms with Crippen LogP contribution in [0.15, 0.2) is 30.4 Å². The number of anilines is 1. The van der Waals surface area contributed by atoms with Gasteiger partial charge in [-0.05, 0) is 37.0 Å². The number of nitro groups is 2. The summed E-state index contributed by atoms with van der Waals surface area (Å²) >= 11 is 2.27. The van der Waals surface area contributed by atoms with Crippen LogP contribution in [0.25, 0.3) is 0 Å². The summed E-state index contributed by atoms with van der Waals surface area (Å²) in [5, 5.41) is 26.2. The lowest BCUT2D eigenvalue weighted by Crippen LogP contribution is -2.48. The fourth-order valence-electron chi connectivity index (χ4n) is 4.24. The molecule has 0 aromatic heterocycles. The summed E-state index contributed by atoms with van der Waals surface area (Å²) in [5.74, 6) is 0. The van der Waals surface area contributed by atoms with E-state index in [1.54, 1.807) is 0 Å². The number of hydrogen-bond donors (Lipinski definition) is 1. The topological polar surface area (TPSA) is 108 Å². The van der Waals surface area contributed by atoms with Crippen molar-refractivity contribution in [3.05, 3.63) is 50.6 Å². The van der Waals surface area contributed by atoms with Gasteiger partial charge in [0.05, 0.1) is 28.1 Å². The van der Waals surface area contributed by atoms with E-state index >= 15 is 0 Å². The third-order valence-corrected chi connectivity index (χ3v) is 13.3. The molecular formula is C30H52IN3O5Si. The molecule has 0 amide bonds. The molecule has 0 bridgehead atoms. The van der Waals surface area contributed by atoms with E-state index in [1.807, 2.05) is 0 Å². The zero-order valence-corrected chi connectivity index (χ0v) is 28.7. The van der Waals surface area contributed by atoms with Crippen molar-refractivity contribution in [2.24, 2.45) is 0 Å². The minimum atomic E-state index is -2.15. The molecule has 0 saturated heterocycles. The van der Waals surface area contributed by atoms with E-state index in [0.717, 1.165) is 18.9 Å². The van der Waals surface area contributed by atoms with E-state index in [-0.39, 0.29) is 34.2 Å². The number of non-ortho nitro benzene ring substituents is 1. The molecule has 0 aliphatic heterocycles. The van der Waals surface area contributed by atoms with Gasteiger partial charge in [-0.3, -0.25) is 20.2 Å². The average molecular weight is 690 g/mol. The Bertz CT molecular complexity index is 936. The summed E-state index contributed by atoms with van der Waals surface area (Å²) in [6.07, 6.45) is 19.4. The Labute approximate surface area is 256 Å². The highest BCUT2D eigenvalue weighted by Gasteiger charge is 2.40. The Balaban J connectivity index is 2.83. The van der Waals surface area contributed by atoms with Crippen molar-refractivity contribution in [2.45, 2.75) is 135 Å². The highest BCUT2D eigenvalue weighted by atomic mass is 127. The second kappa shape index (κ2) is 18.8. The van der Waals surface area contributed by atoms with Crippen LogP contribution < -0.4 is 5.32 Å². The van der Waals surface area contributed by atoms with Crippen LogP contribution >= 0.6 is 22.6 Å². The number of nitro benzene ring substituents is 2. The molecule has 1 N–H and O–H groups in total. The van der Waals surface area contributed by atoms with Crippen molar-refractivity contribution < 1.29 is 14.3 Å². The number of nitrogens with one attached hydrogen (secondary N) is 1. The van der Waals surface area contributed by atoms with Gasteiger partial charge in [0.15, 0.2) is 8.32 Å². The molecule has 0 saturated carbocycles. The van der Waals surface area contributed by atoms with E-state index in [4.69, 9.17) is 4.43 Å². The molecule has 1 aromatic rings. The maximum atomic E-state index is 11.7. The summed E-state index contributed by atoms with van der Waals surface area (Å²) < 4.78 is 7.45. The first-order chi connectivity index (χ1) is 18.8. The SMILES string of the molecule is CCCCCCCCCCCCCC=C[C@@H](O[Si](C)(C)C(C)(C)C)[C@@H](CI)Nc1ccc([N+](=O)[O-])cc1[N+](=O)[O-]. The van der Waals surface area contributed by atoms with E-state index in [9.17, 15) is 20.2 Å². The van der Waals surface area contributed by atoms with Crippen molar-refractivity contribution in [1.29, 1.82) is 0 Å². The Kier molecular flexibility index (Phi) is 17.2. The molecule has 2 atom stereocenters. The van der Waals surface area contributed by atoms with Crippen LogP contribution in [0.1, 0.15) is 105 Å². The second-order valence-corrected chi connectivity index (χ2v) is 17.9. The van der Waals surface area contributed by atoms with Gasteiger partial charge >= 0.3 is 0 Å². The van der Waals surface area contributed by atoms with Gasteiger partial charge in [0.1, 0.15) is 5.69 Å². The Morgan fingerprint density at radius 2 is 1.50 bits per heavy atom. The quantitative estimate of drug-likeness (QED) is 0.0262. The first-order valence-corrected chi connectivity index (χ1v) is 19.4. The van der Waals surface area contributed by atoms with Gasteiger partial charge in [0.25, 0.3) is 11.4 Å². The van der Waals surface area contributed by atoms with Crippen molar-refractivity contribution >= 4 is 48.0 Å². The van der Waals surface area contributed by atoms with Crippen LogP contribution in [0, 0.1) is 20.2 Å². The maximum absolute atomic E-state index is 11.7. The molecule has 10 heteroatoms. The Morgan fingerprint density at radius 3 is 1.98 bits per heavy atom. The zero-order valence-electron chi connectivity index (χ0n) is 25.5. The molecule has 0 fully saturated rings. The summed E-state index contributed by atoms with van der Waals surface area (Å²) in [6.45, 7) is 13.2. The molecule has 40 heavy (non-hydrogen) atoms. The molecule has 0 aliphatic rings. The minimum Gasteiger partial charge on any atom is -0.408 e. The van der Waals surface area contributed by atoms with Crippen molar-refractivity contribution in [3.8, 4) is 0 Å². The van der Waals surface area contributed by atoms with Crippen LogP contribution in [0.5, 0.6) is 0 Å². The number of alkyl halides is 1. The minimum absolute atomic E-state index is 0.00424. The fraction of sp³-hybridized carbons (Fsp3) is 0.733. The summed E-state index contributed by atoms with van der Waals surface area (Å²) in [4.78, 5) is 21.7. The molecule has 0 radical (unpaired) electrons. The number of halogens is 1. The van der Waals surface area contributed by atoms with Crippen LogP contribution in [-0.2, 0) is 4.43 Å². The molecule has 1 aromatic carbocycles. The zero-order chi connectivity index (χ0) is 30.2. The molecule has 0 aliphatic carbocycles. The monoisotopic (exact) mass is 689 g/mol. The number of hydrogen-bond acceptors (Lipinski definition) is 6. The van der Waals surface area contributed by atoms with Gasteiger partial charge in [0.2, 0.25) is 0 Å². The Morgan fingerprint density at radius 1 is 0.950 bits per heavy atom. The highest BCUT2D eigenvalue weighted by molar-refractivity contribution is 14.1. The van der Waals surface area contributed by atoms with Crippen molar-refractivity contribution in [1.82, 2.24) is 0 Å². The predicted molar refractivity (Wildman–Crippen MR) is 178 cm³/mol. The van der Waals surface area contributed by atoms with Gasteiger partial charge in [0, 0.05) is 10.5 Å². The van der Waals surface area contributed by atoms with E-state index in [1.165, 1.54) is 76.3 Å². The van der Waals surface area contributed by atoms with Gasteiger partial charge in [-0.15, -0.1) is 0 Å². The van der Waals surface area contributed by atoms with E-state index in [2.05, 4.69) is 80.8 Å². The maximum Gasteiger partial charge on any atom is 0.299 e. The summed E-state index contributed by atoms with van der Waals surface area (Å²) in [6, 6.07) is 3.50. The number of rotatable bonds is 21. The largest absolute Gasteiger partial charge is 0.408 e. The standard InChI is InChI=1S/C30H52IN3O5Si/c1-7-8-9-10-11-12-13-14-15-16-17-18-19-20-29(39-40(5,6)30(2,3)4)27(24-31)32-26-22-21-25(33(35)36)23-28(26)34(37)38/h19-23,27,29,32H,7-18,24H2,1-6H3/t27-,29-/m1/s1. The van der Waals surface area contributed by atoms with Crippen LogP contribution in [0.2, 0.25) is 18.1 Å². The third kappa shape index (κ3) is 13.4. The molecule has 8 nitrogen and oxygen atoms in total. The van der Waals surface area contributed by atoms with Gasteiger partial charge in [-0.25, -0.2) is 0 Å². The predicted octanol–water partition coefficient (Wildman–Crippen LogP) is 10.4. The second-order valence-electron chi connectivity index (χ2n) is 12.2. The molecule has 228 valence electrons. The first-order valence-electron chi connectivity index (χ1n) is 14.9. The van der Waals surface area contributed by atoms with E-state index < -0.39 is 18.2 Å². The number of nitrogens with zero attached hydrogens (tertiary/aromatic N) is 2. The number of allylic oxidation sites excluding steroid dienone is 1. The van der Waals surface area contributed by atoms with Gasteiger partial charge in [-0.1, -0.05) is 127 Å². The van der Waals surface area contributed by atoms with Crippen molar-refractivity contribution in [2.75, 3.05) is 9.74 Å². The van der Waals surface area contributed by atoms with Gasteiger partial charge in [-0.2, -0.15) is 0 Å². The molecule has 0 heterocycles. The summed E-state index contributed by atoms with van der Waals surface area (Å²) in [7, 11) is -2.15. The van der Waals surface area contributed by atoms with Crippen LogP contribution in [0.4, 0.5) is 17.1 Å². The molecular weight excluding hydrogens is 637 g/mol. The lowest BCUT2D eigenvalue weighted by atomic mass is 10.0. The fourth-order valence-corrected chi connectivity index (χ4v) is 6.24. The highest BCUT2D eigenvalue weighted by Crippen LogP contribution is 2.38. The lowest BCUT2D eigenvalue weighted by Gasteiger charge is -2.40. The molecule has 0 unspecified atom stereocenters. The van der Waals surface area contributed by atoms with Gasteiger partial charge < -0.3 is 9.74 Å². The average Bonchev–Trinajstić information content (AvgIpc) is 2.88. The van der Waals surface area contributed by atoms with Crippen LogP contribution in [0.3, 0.4) is 0 Å². The van der Waals surface area contributed by atoms with E-state index in [0.29, 0.717) is 4.43 Å². The molecule has 1 rings (SSSR count). The number of unbranched alkanes of at least 4 members (excludes halogenated alkanes) is 11. The third-order valence-electron chi connectivity index (χ3n) is 7.83. The normalized spacial score (nSPS) is 13.9. The smallest absolute Gasteiger partial charge is 0.299 e. The van der Waals surface area contributed by atoms with Crippen LogP contribution in [-0.4, -0.2) is 34.7 Å². The first kappa shape index (κ1) is 36.5. The lowest BCUT2D eigenvalue weighted by molar-refractivity contribution is -0.393. The van der Waals surface area contributed by atoms with Crippen molar-refractivity contribution in [3.63, 3.8) is 0 Å². The Hall–Kier alpha value is -1.53. The summed E-state index contributed by atoms with van der Waals surface area (Å²) in [5.41, 5.74) is -0.343. The number of benzene rings is 1.